The average molecular weight is 129 g/mol. The molecule has 3 rings (SSSR count). The lowest BCUT2D eigenvalue weighted by Crippen LogP contribution is -2.49. The molecule has 3 aliphatic rings. The molecule has 0 aliphatic carbocycles. The summed E-state index contributed by atoms with van der Waals surface area (Å²) in [6.07, 6.45) is 2.35. The Bertz CT molecular complexity index is 102. The summed E-state index contributed by atoms with van der Waals surface area (Å²) >= 11 is 0. The van der Waals surface area contributed by atoms with Crippen molar-refractivity contribution in [1.82, 2.24) is 4.90 Å². The molecule has 3 saturated heterocycles. The van der Waals surface area contributed by atoms with Gasteiger partial charge in [0.2, 0.25) is 0 Å². The summed E-state index contributed by atoms with van der Waals surface area (Å²) in [4.78, 5) is 2.35. The van der Waals surface area contributed by atoms with Crippen molar-refractivity contribution >= 4 is 0 Å². The zero-order valence-corrected chi connectivity index (χ0v) is 5.57. The van der Waals surface area contributed by atoms with Crippen LogP contribution in [0.15, 0.2) is 0 Å². The summed E-state index contributed by atoms with van der Waals surface area (Å²) in [7, 11) is 0. The largest absolute Gasteiger partial charge is 0.303 e. The number of alkyl halides is 1. The van der Waals surface area contributed by atoms with E-state index in [0.717, 1.165) is 38.9 Å². The lowest BCUT2D eigenvalue weighted by molar-refractivity contribution is -0.00568. The van der Waals surface area contributed by atoms with E-state index in [9.17, 15) is 4.39 Å². The molecule has 9 heavy (non-hydrogen) atoms. The van der Waals surface area contributed by atoms with E-state index >= 15 is 0 Å². The highest BCUT2D eigenvalue weighted by molar-refractivity contribution is 4.92. The highest BCUT2D eigenvalue weighted by Crippen LogP contribution is 2.34. The van der Waals surface area contributed by atoms with Crippen molar-refractivity contribution in [3.05, 3.63) is 0 Å². The van der Waals surface area contributed by atoms with Crippen LogP contribution in [0, 0.1) is 0 Å². The van der Waals surface area contributed by atoms with E-state index in [-0.39, 0.29) is 0 Å². The van der Waals surface area contributed by atoms with Crippen LogP contribution in [0.3, 0.4) is 0 Å². The van der Waals surface area contributed by atoms with Crippen LogP contribution in [0.1, 0.15) is 19.3 Å². The molecule has 3 aliphatic heterocycles. The van der Waals surface area contributed by atoms with Gasteiger partial charge in [-0.3, -0.25) is 0 Å². The summed E-state index contributed by atoms with van der Waals surface area (Å²) in [5, 5.41) is 0. The Hall–Kier alpha value is -0.110. The number of rotatable bonds is 0. The van der Waals surface area contributed by atoms with Gasteiger partial charge >= 0.3 is 0 Å². The Morgan fingerprint density at radius 1 is 1.00 bits per heavy atom. The maximum Gasteiger partial charge on any atom is 0.114 e. The first-order valence-electron chi connectivity index (χ1n) is 3.70. The molecule has 1 nitrogen and oxygen atoms in total. The second kappa shape index (κ2) is 1.69. The maximum atomic E-state index is 13.3. The lowest BCUT2D eigenvalue weighted by Gasteiger charge is -2.43. The molecule has 0 atom stereocenters. The normalized spacial score (nSPS) is 49.7. The molecule has 0 saturated carbocycles. The van der Waals surface area contributed by atoms with Gasteiger partial charge in [-0.25, -0.2) is 4.39 Å². The first-order valence-corrected chi connectivity index (χ1v) is 3.70. The molecule has 0 aromatic heterocycles. The van der Waals surface area contributed by atoms with Crippen LogP contribution in [0.4, 0.5) is 4.39 Å². The molecule has 3 fully saturated rings. The minimum atomic E-state index is -0.755. The fourth-order valence-electron chi connectivity index (χ4n) is 1.79. The predicted molar refractivity (Wildman–Crippen MR) is 34.1 cm³/mol. The van der Waals surface area contributed by atoms with Crippen molar-refractivity contribution in [1.29, 1.82) is 0 Å². The highest BCUT2D eigenvalue weighted by atomic mass is 19.1. The summed E-state index contributed by atoms with van der Waals surface area (Å²) in [6.45, 7) is 2.99. The van der Waals surface area contributed by atoms with E-state index in [0.29, 0.717) is 0 Å². The molecule has 0 aromatic rings. The third kappa shape index (κ3) is 0.855. The van der Waals surface area contributed by atoms with Crippen molar-refractivity contribution in [3.63, 3.8) is 0 Å². The van der Waals surface area contributed by atoms with Gasteiger partial charge in [0.05, 0.1) is 0 Å². The van der Waals surface area contributed by atoms with Gasteiger partial charge in [-0.15, -0.1) is 0 Å². The van der Waals surface area contributed by atoms with E-state index in [1.165, 1.54) is 0 Å². The highest BCUT2D eigenvalue weighted by Gasteiger charge is 2.38. The van der Waals surface area contributed by atoms with Gasteiger partial charge in [0, 0.05) is 19.6 Å². The second-order valence-electron chi connectivity index (χ2n) is 3.24. The molecule has 0 N–H and O–H groups in total. The SMILES string of the molecule is FC12CCN(CC1)CC2. The zero-order chi connectivity index (χ0) is 6.32. The smallest absolute Gasteiger partial charge is 0.114 e. The van der Waals surface area contributed by atoms with Crippen molar-refractivity contribution in [2.45, 2.75) is 24.9 Å². The van der Waals surface area contributed by atoms with Crippen LogP contribution in [0.5, 0.6) is 0 Å². The summed E-state index contributed by atoms with van der Waals surface area (Å²) < 4.78 is 13.3. The fourth-order valence-corrected chi connectivity index (χ4v) is 1.79. The third-order valence-corrected chi connectivity index (χ3v) is 2.63. The Morgan fingerprint density at radius 2 is 1.44 bits per heavy atom. The predicted octanol–water partition coefficient (Wildman–Crippen LogP) is 1.19. The molecule has 3 heterocycles. The molecule has 2 heteroatoms. The van der Waals surface area contributed by atoms with Crippen LogP contribution < -0.4 is 0 Å². The second-order valence-corrected chi connectivity index (χ2v) is 3.24. The standard InChI is InChI=1S/C7H12FN/c8-7-1-4-9(5-2-7)6-3-7/h1-6H2. The number of fused-ring (bicyclic) bond motifs is 3. The first kappa shape index (κ1) is 5.66. The maximum absolute atomic E-state index is 13.3. The number of hydrogen-bond acceptors (Lipinski definition) is 1. The van der Waals surface area contributed by atoms with Crippen molar-refractivity contribution in [3.8, 4) is 0 Å². The van der Waals surface area contributed by atoms with E-state index in [1.54, 1.807) is 0 Å². The van der Waals surface area contributed by atoms with E-state index in [1.807, 2.05) is 0 Å². The molecule has 0 spiro atoms. The van der Waals surface area contributed by atoms with Crippen LogP contribution in [-0.4, -0.2) is 30.2 Å². The van der Waals surface area contributed by atoms with Gasteiger partial charge in [0.25, 0.3) is 0 Å². The number of nitrogens with zero attached hydrogens (tertiary/aromatic N) is 1. The third-order valence-electron chi connectivity index (χ3n) is 2.63. The topological polar surface area (TPSA) is 3.24 Å². The Kier molecular flexibility index (Phi) is 1.06. The van der Waals surface area contributed by atoms with E-state index in [2.05, 4.69) is 4.90 Å². The Morgan fingerprint density at radius 3 is 1.67 bits per heavy atom. The molecule has 0 radical (unpaired) electrons. The first-order chi connectivity index (χ1) is 4.29. The van der Waals surface area contributed by atoms with Gasteiger partial charge in [-0.1, -0.05) is 0 Å². The van der Waals surface area contributed by atoms with Crippen LogP contribution in [0.25, 0.3) is 0 Å². The summed E-state index contributed by atoms with van der Waals surface area (Å²) in [6, 6.07) is 0. The van der Waals surface area contributed by atoms with E-state index < -0.39 is 5.67 Å². The van der Waals surface area contributed by atoms with Gasteiger partial charge in [-0.2, -0.15) is 0 Å². The molecule has 0 amide bonds. The van der Waals surface area contributed by atoms with Crippen LogP contribution in [0.2, 0.25) is 0 Å². The van der Waals surface area contributed by atoms with Gasteiger partial charge in [0.15, 0.2) is 0 Å². The van der Waals surface area contributed by atoms with Crippen LogP contribution >= 0.6 is 0 Å². The van der Waals surface area contributed by atoms with Gasteiger partial charge in [-0.05, 0) is 19.3 Å². The van der Waals surface area contributed by atoms with Crippen molar-refractivity contribution in [2.24, 2.45) is 0 Å². The zero-order valence-electron chi connectivity index (χ0n) is 5.57. The molecular weight excluding hydrogens is 117 g/mol. The Labute approximate surface area is 54.8 Å². The average Bonchev–Trinajstić information content (AvgIpc) is 1.90. The number of halogens is 1. The van der Waals surface area contributed by atoms with Crippen molar-refractivity contribution in [2.75, 3.05) is 19.6 Å². The fraction of sp³-hybridized carbons (Fsp3) is 1.00. The minimum absolute atomic E-state index is 0.755. The number of piperidine rings is 3. The molecule has 52 valence electrons. The summed E-state index contributed by atoms with van der Waals surface area (Å²) in [5.41, 5.74) is -0.755. The molecule has 2 bridgehead atoms. The van der Waals surface area contributed by atoms with Crippen LogP contribution in [-0.2, 0) is 0 Å². The summed E-state index contributed by atoms with van der Waals surface area (Å²) in [5.74, 6) is 0. The Balaban J connectivity index is 2.11. The quantitative estimate of drug-likeness (QED) is 0.475. The monoisotopic (exact) mass is 129 g/mol. The molecular formula is C7H12FN. The lowest BCUT2D eigenvalue weighted by atomic mass is 9.85. The van der Waals surface area contributed by atoms with Gasteiger partial charge in [0.1, 0.15) is 5.67 Å². The van der Waals surface area contributed by atoms with E-state index in [4.69, 9.17) is 0 Å². The van der Waals surface area contributed by atoms with Crippen molar-refractivity contribution < 1.29 is 4.39 Å². The molecule has 0 aromatic carbocycles. The minimum Gasteiger partial charge on any atom is -0.303 e. The van der Waals surface area contributed by atoms with Gasteiger partial charge < -0.3 is 4.90 Å². The molecule has 0 unspecified atom stereocenters. The number of hydrogen-bond donors (Lipinski definition) is 0.